The fourth-order valence-corrected chi connectivity index (χ4v) is 6.05. The van der Waals surface area contributed by atoms with Crippen molar-refractivity contribution in [2.24, 2.45) is 0 Å². The van der Waals surface area contributed by atoms with Gasteiger partial charge in [0.1, 0.15) is 5.52 Å². The lowest BCUT2D eigenvalue weighted by atomic mass is 10.2. The number of benzene rings is 1. The Balaban J connectivity index is 1.33. The first-order valence-corrected chi connectivity index (χ1v) is 12.7. The lowest BCUT2D eigenvalue weighted by Crippen LogP contribution is -2.47. The zero-order valence-electron chi connectivity index (χ0n) is 15.5. The third-order valence-electron chi connectivity index (χ3n) is 5.42. The van der Waals surface area contributed by atoms with Gasteiger partial charge in [-0.1, -0.05) is 0 Å². The first kappa shape index (κ1) is 21.5. The van der Waals surface area contributed by atoms with Crippen molar-refractivity contribution in [3.63, 3.8) is 0 Å². The molecule has 0 spiro atoms. The van der Waals surface area contributed by atoms with Gasteiger partial charge < -0.3 is 14.6 Å². The third-order valence-corrected chi connectivity index (χ3v) is 10.2. The topological polar surface area (TPSA) is 47.6 Å². The van der Waals surface area contributed by atoms with Crippen LogP contribution in [0.4, 0.5) is 5.95 Å². The molecule has 1 aromatic carbocycles. The van der Waals surface area contributed by atoms with Crippen molar-refractivity contribution < 1.29 is 4.74 Å². The Bertz CT molecular complexity index is 786. The number of aromatic amines is 1. The highest BCUT2D eigenvalue weighted by atomic mass is 79.9. The Morgan fingerprint density at radius 2 is 1.39 bits per heavy atom. The molecule has 1 aromatic heterocycles. The van der Waals surface area contributed by atoms with Crippen LogP contribution in [0, 0.1) is 0 Å². The van der Waals surface area contributed by atoms with Gasteiger partial charge >= 0.3 is 0 Å². The van der Waals surface area contributed by atoms with Crippen molar-refractivity contribution in [2.45, 2.75) is 6.42 Å². The number of morpholine rings is 1. The van der Waals surface area contributed by atoms with Crippen LogP contribution in [-0.4, -0.2) is 85.3 Å². The number of nitrogens with one attached hydrogen (secondary N) is 1. The Hall–Kier alpha value is 0.290. The molecule has 10 heteroatoms. The largest absolute Gasteiger partial charge is 0.379 e. The highest BCUT2D eigenvalue weighted by molar-refractivity contribution is 9.15. The molecule has 6 nitrogen and oxygen atoms in total. The van der Waals surface area contributed by atoms with Crippen LogP contribution in [0.5, 0.6) is 0 Å². The van der Waals surface area contributed by atoms with Gasteiger partial charge in [0.15, 0.2) is 0 Å². The zero-order chi connectivity index (χ0) is 19.7. The van der Waals surface area contributed by atoms with E-state index in [1.807, 2.05) is 0 Å². The van der Waals surface area contributed by atoms with Crippen LogP contribution in [0.1, 0.15) is 6.42 Å². The van der Waals surface area contributed by atoms with Crippen LogP contribution in [0.25, 0.3) is 11.0 Å². The third kappa shape index (κ3) is 4.63. The van der Waals surface area contributed by atoms with Crippen LogP contribution in [0.3, 0.4) is 0 Å². The van der Waals surface area contributed by atoms with Crippen molar-refractivity contribution in [1.29, 1.82) is 0 Å². The molecule has 2 saturated heterocycles. The van der Waals surface area contributed by atoms with E-state index in [0.717, 1.165) is 87.4 Å². The molecular formula is C18H23Br4N5O. The quantitative estimate of drug-likeness (QED) is 0.385. The summed E-state index contributed by atoms with van der Waals surface area (Å²) >= 11 is 14.5. The van der Waals surface area contributed by atoms with Gasteiger partial charge in [-0.3, -0.25) is 9.80 Å². The van der Waals surface area contributed by atoms with Crippen molar-refractivity contribution in [1.82, 2.24) is 19.8 Å². The Kier molecular flexibility index (Phi) is 7.39. The maximum absolute atomic E-state index is 5.42. The Morgan fingerprint density at radius 1 is 0.786 bits per heavy atom. The lowest BCUT2D eigenvalue weighted by Gasteiger charge is -2.35. The molecule has 0 amide bonds. The van der Waals surface area contributed by atoms with E-state index < -0.39 is 0 Å². The number of H-pyrrole nitrogens is 1. The number of imidazole rings is 1. The molecule has 0 bridgehead atoms. The van der Waals surface area contributed by atoms with Gasteiger partial charge in [0.05, 0.1) is 27.7 Å². The summed E-state index contributed by atoms with van der Waals surface area (Å²) in [5.41, 5.74) is 1.94. The molecule has 0 atom stereocenters. The molecule has 28 heavy (non-hydrogen) atoms. The summed E-state index contributed by atoms with van der Waals surface area (Å²) in [4.78, 5) is 15.8. The standard InChI is InChI=1S/C18H23Br4N5O/c19-12-13(20)15(22)17-16(14(12)21)23-18(24-17)27-6-4-25(5-7-27)2-1-3-26-8-10-28-11-9-26/h1-11H2,(H,23,24). The van der Waals surface area contributed by atoms with E-state index >= 15 is 0 Å². The second-order valence-electron chi connectivity index (χ2n) is 7.18. The van der Waals surface area contributed by atoms with E-state index in [9.17, 15) is 0 Å². The maximum atomic E-state index is 5.42. The number of fused-ring (bicyclic) bond motifs is 1. The maximum Gasteiger partial charge on any atom is 0.203 e. The van der Waals surface area contributed by atoms with E-state index in [4.69, 9.17) is 9.72 Å². The lowest BCUT2D eigenvalue weighted by molar-refractivity contribution is 0.0360. The van der Waals surface area contributed by atoms with Gasteiger partial charge in [-0.2, -0.15) is 0 Å². The molecule has 2 aliphatic heterocycles. The van der Waals surface area contributed by atoms with Crippen molar-refractivity contribution in [2.75, 3.05) is 70.5 Å². The van der Waals surface area contributed by atoms with Crippen molar-refractivity contribution in [3.8, 4) is 0 Å². The first-order chi connectivity index (χ1) is 13.5. The number of piperazine rings is 1. The fourth-order valence-electron chi connectivity index (χ4n) is 3.76. The second kappa shape index (κ2) is 9.62. The molecule has 4 rings (SSSR count). The number of hydrogen-bond acceptors (Lipinski definition) is 5. The predicted molar refractivity (Wildman–Crippen MR) is 127 cm³/mol. The minimum Gasteiger partial charge on any atom is -0.379 e. The van der Waals surface area contributed by atoms with Gasteiger partial charge in [0, 0.05) is 48.2 Å². The van der Waals surface area contributed by atoms with Crippen molar-refractivity contribution >= 4 is 80.7 Å². The van der Waals surface area contributed by atoms with E-state index in [1.165, 1.54) is 19.5 Å². The molecule has 0 unspecified atom stereocenters. The average Bonchev–Trinajstić information content (AvgIpc) is 3.18. The minimum atomic E-state index is 0.884. The zero-order valence-corrected chi connectivity index (χ0v) is 21.8. The summed E-state index contributed by atoms with van der Waals surface area (Å²) in [6, 6.07) is 0. The normalized spacial score (nSPS) is 19.6. The van der Waals surface area contributed by atoms with E-state index in [0.29, 0.717) is 0 Å². The number of nitrogens with zero attached hydrogens (tertiary/aromatic N) is 4. The number of hydrogen-bond donors (Lipinski definition) is 1. The van der Waals surface area contributed by atoms with E-state index in [1.54, 1.807) is 0 Å². The van der Waals surface area contributed by atoms with Crippen LogP contribution in [0.2, 0.25) is 0 Å². The van der Waals surface area contributed by atoms with Gasteiger partial charge in [-0.15, -0.1) is 0 Å². The molecule has 0 saturated carbocycles. The molecule has 2 aromatic rings. The van der Waals surface area contributed by atoms with E-state index in [-0.39, 0.29) is 0 Å². The summed E-state index contributed by atoms with van der Waals surface area (Å²) in [6.45, 7) is 10.4. The van der Waals surface area contributed by atoms with Gasteiger partial charge in [0.2, 0.25) is 5.95 Å². The summed E-state index contributed by atoms with van der Waals surface area (Å²) in [5, 5.41) is 0. The molecule has 0 radical (unpaired) electrons. The molecule has 2 aliphatic rings. The van der Waals surface area contributed by atoms with Crippen LogP contribution >= 0.6 is 63.7 Å². The number of aromatic nitrogens is 2. The molecule has 154 valence electrons. The number of ether oxygens (including phenoxy) is 1. The summed E-state index contributed by atoms with van der Waals surface area (Å²) in [5.74, 6) is 0.939. The highest BCUT2D eigenvalue weighted by Crippen LogP contribution is 2.43. The molecule has 3 heterocycles. The summed E-state index contributed by atoms with van der Waals surface area (Å²) in [7, 11) is 0. The number of halogens is 4. The van der Waals surface area contributed by atoms with Crippen LogP contribution in [-0.2, 0) is 4.74 Å². The van der Waals surface area contributed by atoms with Crippen LogP contribution < -0.4 is 4.90 Å². The molecule has 0 aliphatic carbocycles. The van der Waals surface area contributed by atoms with E-state index in [2.05, 4.69) is 83.4 Å². The highest BCUT2D eigenvalue weighted by Gasteiger charge is 2.23. The van der Waals surface area contributed by atoms with Gasteiger partial charge in [-0.05, 0) is 83.2 Å². The second-order valence-corrected chi connectivity index (χ2v) is 10.3. The number of rotatable bonds is 5. The first-order valence-electron chi connectivity index (χ1n) is 9.53. The molecular weight excluding hydrogens is 622 g/mol. The predicted octanol–water partition coefficient (Wildman–Crippen LogP) is 4.46. The van der Waals surface area contributed by atoms with Crippen LogP contribution in [0.15, 0.2) is 17.9 Å². The minimum absolute atomic E-state index is 0.884. The Morgan fingerprint density at radius 3 is 2.07 bits per heavy atom. The summed E-state index contributed by atoms with van der Waals surface area (Å²) in [6.07, 6.45) is 1.23. The molecule has 1 N–H and O–H groups in total. The van der Waals surface area contributed by atoms with Gasteiger partial charge in [0.25, 0.3) is 0 Å². The Labute approximate surface area is 198 Å². The van der Waals surface area contributed by atoms with Crippen molar-refractivity contribution in [3.05, 3.63) is 17.9 Å². The summed E-state index contributed by atoms with van der Waals surface area (Å²) < 4.78 is 9.31. The number of anilines is 1. The monoisotopic (exact) mass is 641 g/mol. The fraction of sp³-hybridized carbons (Fsp3) is 0.611. The smallest absolute Gasteiger partial charge is 0.203 e. The average molecular weight is 645 g/mol. The van der Waals surface area contributed by atoms with Gasteiger partial charge in [-0.25, -0.2) is 4.98 Å². The molecule has 2 fully saturated rings. The SMILES string of the molecule is Brc1c(Br)c(Br)c2[nH]c(N3CCN(CCCN4CCOCC4)CC3)nc2c1Br.